The summed E-state index contributed by atoms with van der Waals surface area (Å²) >= 11 is 1.53. The molecular formula is C19H27FN4O2S2. The van der Waals surface area contributed by atoms with Gasteiger partial charge >= 0.3 is 0 Å². The minimum atomic E-state index is -3.19. The lowest BCUT2D eigenvalue weighted by Gasteiger charge is -2.29. The molecule has 6 nitrogen and oxygen atoms in total. The van der Waals surface area contributed by atoms with E-state index in [1.54, 1.807) is 26.8 Å². The molecule has 0 amide bonds. The molecule has 0 atom stereocenters. The van der Waals surface area contributed by atoms with Gasteiger partial charge in [0.2, 0.25) is 16.0 Å². The molecular weight excluding hydrogens is 399 g/mol. The number of aryl methyl sites for hydroxylation is 1. The highest BCUT2D eigenvalue weighted by atomic mass is 32.2. The summed E-state index contributed by atoms with van der Waals surface area (Å²) in [7, 11) is -3.19. The second-order valence-corrected chi connectivity index (χ2v) is 10.8. The summed E-state index contributed by atoms with van der Waals surface area (Å²) in [6.45, 7) is 5.68. The number of nitrogens with one attached hydrogen (secondary N) is 2. The Hall–Kier alpha value is -1.58. The van der Waals surface area contributed by atoms with Crippen LogP contribution in [0, 0.1) is 18.8 Å². The molecule has 1 aliphatic carbocycles. The minimum Gasteiger partial charge on any atom is -0.359 e. The van der Waals surface area contributed by atoms with Gasteiger partial charge in [0.1, 0.15) is 0 Å². The molecule has 9 heteroatoms. The van der Waals surface area contributed by atoms with E-state index in [1.807, 2.05) is 5.38 Å². The van der Waals surface area contributed by atoms with E-state index in [4.69, 9.17) is 0 Å². The van der Waals surface area contributed by atoms with Crippen molar-refractivity contribution in [3.05, 3.63) is 29.2 Å². The largest absolute Gasteiger partial charge is 0.359 e. The fourth-order valence-corrected chi connectivity index (χ4v) is 4.94. The standard InChI is InChI=1S/C19H27FN4O2S2/c1-12(2)28(25,26)21-10-14-4-6-15(7-5-14)23-19-24-17(11-27-19)16-8-9-18(20)22-13(16)3/h8-9,11-12,14-15,21H,4-7,10H2,1-3H3,(H,23,24)/t14-,15-. The maximum Gasteiger partial charge on any atom is 0.213 e. The Balaban J connectivity index is 1.51. The zero-order valence-corrected chi connectivity index (χ0v) is 18.0. The van der Waals surface area contributed by atoms with Crippen LogP contribution in [0.3, 0.4) is 0 Å². The summed E-state index contributed by atoms with van der Waals surface area (Å²) in [6.07, 6.45) is 3.94. The highest BCUT2D eigenvalue weighted by molar-refractivity contribution is 7.90. The molecule has 154 valence electrons. The van der Waals surface area contributed by atoms with Gasteiger partial charge in [0, 0.05) is 29.2 Å². The number of hydrogen-bond acceptors (Lipinski definition) is 6. The van der Waals surface area contributed by atoms with E-state index in [0.717, 1.165) is 42.1 Å². The first-order valence-corrected chi connectivity index (χ1v) is 12.0. The van der Waals surface area contributed by atoms with E-state index in [-0.39, 0.29) is 0 Å². The highest BCUT2D eigenvalue weighted by Gasteiger charge is 2.24. The van der Waals surface area contributed by atoms with E-state index >= 15 is 0 Å². The van der Waals surface area contributed by atoms with E-state index < -0.39 is 21.2 Å². The summed E-state index contributed by atoms with van der Waals surface area (Å²) in [4.78, 5) is 8.48. The molecule has 0 bridgehead atoms. The molecule has 0 aromatic carbocycles. The summed E-state index contributed by atoms with van der Waals surface area (Å²) in [5.74, 6) is -0.103. The van der Waals surface area contributed by atoms with Crippen LogP contribution in [-0.4, -0.2) is 36.2 Å². The van der Waals surface area contributed by atoms with Crippen molar-refractivity contribution in [2.24, 2.45) is 5.92 Å². The molecule has 0 unspecified atom stereocenters. The van der Waals surface area contributed by atoms with Gasteiger partial charge < -0.3 is 5.32 Å². The van der Waals surface area contributed by atoms with Gasteiger partial charge in [0.25, 0.3) is 0 Å². The van der Waals surface area contributed by atoms with Gasteiger partial charge in [-0.1, -0.05) is 0 Å². The third kappa shape index (κ3) is 5.27. The molecule has 3 rings (SSSR count). The molecule has 0 aliphatic heterocycles. The van der Waals surface area contributed by atoms with Crippen LogP contribution in [-0.2, 0) is 10.0 Å². The summed E-state index contributed by atoms with van der Waals surface area (Å²) in [5, 5.41) is 5.89. The summed E-state index contributed by atoms with van der Waals surface area (Å²) in [6, 6.07) is 3.40. The number of sulfonamides is 1. The normalized spacial score (nSPS) is 20.5. The first-order chi connectivity index (χ1) is 13.2. The predicted molar refractivity (Wildman–Crippen MR) is 111 cm³/mol. The lowest BCUT2D eigenvalue weighted by atomic mass is 9.86. The number of thiazole rings is 1. The fraction of sp³-hybridized carbons (Fsp3) is 0.579. The zero-order valence-electron chi connectivity index (χ0n) is 16.4. The fourth-order valence-electron chi connectivity index (χ4n) is 3.35. The van der Waals surface area contributed by atoms with Gasteiger partial charge in [-0.05, 0) is 64.5 Å². The quantitative estimate of drug-likeness (QED) is 0.655. The van der Waals surface area contributed by atoms with Gasteiger partial charge in [0.15, 0.2) is 5.13 Å². The van der Waals surface area contributed by atoms with Crippen molar-refractivity contribution < 1.29 is 12.8 Å². The Labute approximate surface area is 170 Å². The Morgan fingerprint density at radius 2 is 1.93 bits per heavy atom. The lowest BCUT2D eigenvalue weighted by Crippen LogP contribution is -2.37. The van der Waals surface area contributed by atoms with Crippen LogP contribution in [0.15, 0.2) is 17.5 Å². The van der Waals surface area contributed by atoms with Crippen LogP contribution in [0.25, 0.3) is 11.3 Å². The zero-order chi connectivity index (χ0) is 20.3. The molecule has 2 N–H and O–H groups in total. The third-order valence-electron chi connectivity index (χ3n) is 5.20. The number of anilines is 1. The van der Waals surface area contributed by atoms with Crippen LogP contribution < -0.4 is 10.0 Å². The van der Waals surface area contributed by atoms with Crippen LogP contribution in [0.5, 0.6) is 0 Å². The van der Waals surface area contributed by atoms with E-state index in [2.05, 4.69) is 20.0 Å². The van der Waals surface area contributed by atoms with Crippen LogP contribution >= 0.6 is 11.3 Å². The number of nitrogens with zero attached hydrogens (tertiary/aromatic N) is 2. The smallest absolute Gasteiger partial charge is 0.213 e. The SMILES string of the molecule is Cc1nc(F)ccc1-c1csc(N[C@H]2CC[C@H](CNS(=O)(=O)C(C)C)CC2)n1. The van der Waals surface area contributed by atoms with Gasteiger partial charge in [0.05, 0.1) is 10.9 Å². The first kappa shape index (κ1) is 21.1. The first-order valence-electron chi connectivity index (χ1n) is 9.58. The lowest BCUT2D eigenvalue weighted by molar-refractivity contribution is 0.337. The van der Waals surface area contributed by atoms with Gasteiger partial charge in [-0.2, -0.15) is 4.39 Å². The molecule has 1 aliphatic rings. The van der Waals surface area contributed by atoms with Crippen molar-refractivity contribution >= 4 is 26.5 Å². The Kier molecular flexibility index (Phi) is 6.67. The van der Waals surface area contributed by atoms with E-state index in [1.165, 1.54) is 17.4 Å². The Bertz CT molecular complexity index is 906. The Morgan fingerprint density at radius 1 is 1.21 bits per heavy atom. The van der Waals surface area contributed by atoms with E-state index in [9.17, 15) is 12.8 Å². The van der Waals surface area contributed by atoms with Crippen molar-refractivity contribution in [2.45, 2.75) is 57.7 Å². The summed E-state index contributed by atoms with van der Waals surface area (Å²) in [5.41, 5.74) is 2.27. The highest BCUT2D eigenvalue weighted by Crippen LogP contribution is 2.30. The van der Waals surface area contributed by atoms with Crippen molar-refractivity contribution in [1.82, 2.24) is 14.7 Å². The third-order valence-corrected chi connectivity index (χ3v) is 7.78. The summed E-state index contributed by atoms with van der Waals surface area (Å²) < 4.78 is 39.7. The molecule has 2 aromatic rings. The minimum absolute atomic E-state index is 0.337. The molecule has 0 spiro atoms. The van der Waals surface area contributed by atoms with Crippen molar-refractivity contribution in [2.75, 3.05) is 11.9 Å². The van der Waals surface area contributed by atoms with Gasteiger partial charge in [-0.15, -0.1) is 11.3 Å². The molecule has 2 aromatic heterocycles. The monoisotopic (exact) mass is 426 g/mol. The van der Waals surface area contributed by atoms with Crippen molar-refractivity contribution in [3.8, 4) is 11.3 Å². The molecule has 2 heterocycles. The van der Waals surface area contributed by atoms with Crippen LogP contribution in [0.2, 0.25) is 0 Å². The molecule has 1 fully saturated rings. The molecule has 28 heavy (non-hydrogen) atoms. The van der Waals surface area contributed by atoms with Gasteiger partial charge in [-0.3, -0.25) is 0 Å². The van der Waals surface area contributed by atoms with E-state index in [0.29, 0.717) is 24.2 Å². The number of pyridine rings is 1. The number of rotatable bonds is 7. The number of hydrogen-bond donors (Lipinski definition) is 2. The van der Waals surface area contributed by atoms with Crippen molar-refractivity contribution in [1.29, 1.82) is 0 Å². The topological polar surface area (TPSA) is 84.0 Å². The molecule has 0 saturated heterocycles. The number of halogens is 1. The van der Waals surface area contributed by atoms with Crippen LogP contribution in [0.1, 0.15) is 45.2 Å². The second kappa shape index (κ2) is 8.84. The molecule has 1 saturated carbocycles. The maximum absolute atomic E-state index is 13.2. The predicted octanol–water partition coefficient (Wildman–Crippen LogP) is 3.95. The second-order valence-electron chi connectivity index (χ2n) is 7.61. The van der Waals surface area contributed by atoms with Gasteiger partial charge in [-0.25, -0.2) is 23.1 Å². The van der Waals surface area contributed by atoms with Crippen LogP contribution in [0.4, 0.5) is 9.52 Å². The van der Waals surface area contributed by atoms with Crippen molar-refractivity contribution in [3.63, 3.8) is 0 Å². The Morgan fingerprint density at radius 3 is 2.57 bits per heavy atom. The maximum atomic E-state index is 13.2. The average molecular weight is 427 g/mol. The number of aromatic nitrogens is 2. The molecule has 0 radical (unpaired) electrons. The average Bonchev–Trinajstić information content (AvgIpc) is 3.09.